The lowest BCUT2D eigenvalue weighted by atomic mass is 9.94. The van der Waals surface area contributed by atoms with Crippen LogP contribution in [0.25, 0.3) is 0 Å². The highest BCUT2D eigenvalue weighted by atomic mass is 16.4. The first-order valence-corrected chi connectivity index (χ1v) is 4.69. The van der Waals surface area contributed by atoms with Crippen molar-refractivity contribution in [3.8, 4) is 0 Å². The molecule has 0 spiro atoms. The normalized spacial score (nSPS) is 16.1. The molecule has 0 unspecified atom stereocenters. The Labute approximate surface area is 82.9 Å². The quantitative estimate of drug-likeness (QED) is 0.620. The lowest BCUT2D eigenvalue weighted by molar-refractivity contribution is -0.146. The van der Waals surface area contributed by atoms with E-state index in [2.05, 4.69) is 10.6 Å². The molecular weight excluding hydrogens is 184 g/mol. The minimum atomic E-state index is -0.916. The van der Waals surface area contributed by atoms with Crippen molar-refractivity contribution in [2.45, 2.75) is 32.7 Å². The molecule has 0 atom stereocenters. The number of carbonyl (C=O) groups excluding carboxylic acids is 1. The zero-order valence-corrected chi connectivity index (χ0v) is 8.46. The number of carboxylic acids is 1. The molecule has 1 rings (SSSR count). The van der Waals surface area contributed by atoms with Crippen LogP contribution in [-0.4, -0.2) is 29.7 Å². The van der Waals surface area contributed by atoms with E-state index in [0.717, 1.165) is 12.8 Å². The molecule has 1 fully saturated rings. The van der Waals surface area contributed by atoms with E-state index < -0.39 is 11.4 Å². The van der Waals surface area contributed by atoms with Crippen LogP contribution < -0.4 is 10.6 Å². The summed E-state index contributed by atoms with van der Waals surface area (Å²) in [6.07, 6.45) is 2.05. The molecule has 1 saturated carbocycles. The second-order valence-corrected chi connectivity index (χ2v) is 4.29. The van der Waals surface area contributed by atoms with Crippen molar-refractivity contribution >= 4 is 12.0 Å². The number of carboxylic acid groups (broad SMARTS) is 1. The minimum Gasteiger partial charge on any atom is -0.481 e. The van der Waals surface area contributed by atoms with Gasteiger partial charge < -0.3 is 15.7 Å². The van der Waals surface area contributed by atoms with E-state index in [-0.39, 0.29) is 12.6 Å². The van der Waals surface area contributed by atoms with Gasteiger partial charge in [-0.2, -0.15) is 0 Å². The van der Waals surface area contributed by atoms with Crippen LogP contribution in [0.4, 0.5) is 4.79 Å². The summed E-state index contributed by atoms with van der Waals surface area (Å²) in [7, 11) is 0. The molecule has 0 radical (unpaired) electrons. The molecule has 0 aromatic heterocycles. The van der Waals surface area contributed by atoms with Crippen LogP contribution in [0.3, 0.4) is 0 Å². The third kappa shape index (κ3) is 3.24. The van der Waals surface area contributed by atoms with Crippen LogP contribution in [0.2, 0.25) is 0 Å². The van der Waals surface area contributed by atoms with Gasteiger partial charge in [0.05, 0.1) is 5.41 Å². The van der Waals surface area contributed by atoms with Crippen molar-refractivity contribution in [1.29, 1.82) is 0 Å². The van der Waals surface area contributed by atoms with Crippen molar-refractivity contribution in [3.05, 3.63) is 0 Å². The topological polar surface area (TPSA) is 78.4 Å². The number of hydrogen-bond donors (Lipinski definition) is 3. The van der Waals surface area contributed by atoms with Gasteiger partial charge in [0.2, 0.25) is 0 Å². The van der Waals surface area contributed by atoms with E-state index in [4.69, 9.17) is 5.11 Å². The molecule has 0 aromatic rings. The Balaban J connectivity index is 2.24. The Kier molecular flexibility index (Phi) is 2.98. The maximum absolute atomic E-state index is 11.1. The summed E-state index contributed by atoms with van der Waals surface area (Å²) >= 11 is 0. The Morgan fingerprint density at radius 3 is 2.43 bits per heavy atom. The second kappa shape index (κ2) is 3.86. The first-order chi connectivity index (χ1) is 6.42. The van der Waals surface area contributed by atoms with Crippen molar-refractivity contribution < 1.29 is 14.7 Å². The van der Waals surface area contributed by atoms with Crippen LogP contribution in [0, 0.1) is 5.41 Å². The van der Waals surface area contributed by atoms with E-state index in [0.29, 0.717) is 6.04 Å². The molecule has 2 amide bonds. The summed E-state index contributed by atoms with van der Waals surface area (Å²) in [6, 6.07) is 0.0183. The van der Waals surface area contributed by atoms with E-state index in [1.807, 2.05) is 0 Å². The summed E-state index contributed by atoms with van der Waals surface area (Å²) in [4.78, 5) is 21.8. The van der Waals surface area contributed by atoms with Gasteiger partial charge in [0.15, 0.2) is 0 Å². The third-order valence-corrected chi connectivity index (χ3v) is 2.18. The molecule has 1 aliphatic carbocycles. The minimum absolute atomic E-state index is 0.140. The van der Waals surface area contributed by atoms with Crippen LogP contribution in [-0.2, 0) is 4.79 Å². The summed E-state index contributed by atoms with van der Waals surface area (Å²) in [6.45, 7) is 3.29. The molecule has 80 valence electrons. The number of nitrogens with one attached hydrogen (secondary N) is 2. The van der Waals surface area contributed by atoms with Gasteiger partial charge in [-0.15, -0.1) is 0 Å². The van der Waals surface area contributed by atoms with Crippen LogP contribution >= 0.6 is 0 Å². The molecule has 0 aliphatic heterocycles. The van der Waals surface area contributed by atoms with Crippen LogP contribution in [0.1, 0.15) is 26.7 Å². The van der Waals surface area contributed by atoms with Gasteiger partial charge in [-0.3, -0.25) is 4.79 Å². The molecule has 1 aliphatic rings. The smallest absolute Gasteiger partial charge is 0.315 e. The fraction of sp³-hybridized carbons (Fsp3) is 0.778. The van der Waals surface area contributed by atoms with Gasteiger partial charge in [-0.25, -0.2) is 4.79 Å². The van der Waals surface area contributed by atoms with Crippen molar-refractivity contribution in [2.24, 2.45) is 5.41 Å². The number of urea groups is 1. The average molecular weight is 200 g/mol. The Morgan fingerprint density at radius 2 is 2.00 bits per heavy atom. The molecular formula is C9H16N2O3. The standard InChI is InChI=1S/C9H16N2O3/c1-9(2,7(12)13)5-10-8(14)11-6-3-4-6/h6H,3-5H2,1-2H3,(H,12,13)(H2,10,11,14). The van der Waals surface area contributed by atoms with E-state index in [1.54, 1.807) is 13.8 Å². The second-order valence-electron chi connectivity index (χ2n) is 4.29. The zero-order chi connectivity index (χ0) is 10.8. The fourth-order valence-corrected chi connectivity index (χ4v) is 0.841. The molecule has 14 heavy (non-hydrogen) atoms. The van der Waals surface area contributed by atoms with Gasteiger partial charge in [-0.1, -0.05) is 0 Å². The van der Waals surface area contributed by atoms with Crippen LogP contribution in [0.15, 0.2) is 0 Å². The summed E-state index contributed by atoms with van der Waals surface area (Å²) < 4.78 is 0. The van der Waals surface area contributed by atoms with Crippen molar-refractivity contribution in [2.75, 3.05) is 6.54 Å². The zero-order valence-electron chi connectivity index (χ0n) is 8.46. The summed E-state index contributed by atoms with van der Waals surface area (Å²) in [5, 5.41) is 14.0. The van der Waals surface area contributed by atoms with E-state index in [1.165, 1.54) is 0 Å². The number of aliphatic carboxylic acids is 1. The number of amides is 2. The lowest BCUT2D eigenvalue weighted by Gasteiger charge is -2.19. The summed E-state index contributed by atoms with van der Waals surface area (Å²) in [5.74, 6) is -0.913. The largest absolute Gasteiger partial charge is 0.481 e. The molecule has 0 aromatic carbocycles. The Morgan fingerprint density at radius 1 is 1.43 bits per heavy atom. The van der Waals surface area contributed by atoms with Gasteiger partial charge in [0, 0.05) is 12.6 Å². The first kappa shape index (κ1) is 10.8. The number of carbonyl (C=O) groups is 2. The number of hydrogen-bond acceptors (Lipinski definition) is 2. The molecule has 0 saturated heterocycles. The maximum atomic E-state index is 11.1. The lowest BCUT2D eigenvalue weighted by Crippen LogP contribution is -2.44. The predicted octanol–water partition coefficient (Wildman–Crippen LogP) is 0.559. The first-order valence-electron chi connectivity index (χ1n) is 4.69. The van der Waals surface area contributed by atoms with Crippen molar-refractivity contribution in [1.82, 2.24) is 10.6 Å². The highest BCUT2D eigenvalue weighted by Crippen LogP contribution is 2.18. The third-order valence-electron chi connectivity index (χ3n) is 2.18. The van der Waals surface area contributed by atoms with Gasteiger partial charge >= 0.3 is 12.0 Å². The molecule has 5 heteroatoms. The molecule has 0 bridgehead atoms. The summed E-state index contributed by atoms with van der Waals surface area (Å²) in [5.41, 5.74) is -0.916. The Bertz CT molecular complexity index is 246. The maximum Gasteiger partial charge on any atom is 0.315 e. The highest BCUT2D eigenvalue weighted by Gasteiger charge is 2.29. The molecule has 3 N–H and O–H groups in total. The Hall–Kier alpha value is -1.26. The predicted molar refractivity (Wildman–Crippen MR) is 51.0 cm³/mol. The van der Waals surface area contributed by atoms with Crippen LogP contribution in [0.5, 0.6) is 0 Å². The molecule has 5 nitrogen and oxygen atoms in total. The van der Waals surface area contributed by atoms with E-state index in [9.17, 15) is 9.59 Å². The highest BCUT2D eigenvalue weighted by molar-refractivity contribution is 5.77. The van der Waals surface area contributed by atoms with Crippen molar-refractivity contribution in [3.63, 3.8) is 0 Å². The van der Waals surface area contributed by atoms with E-state index >= 15 is 0 Å². The van der Waals surface area contributed by atoms with Gasteiger partial charge in [0.25, 0.3) is 0 Å². The SMILES string of the molecule is CC(C)(CNC(=O)NC1CC1)C(=O)O. The number of rotatable bonds is 4. The van der Waals surface area contributed by atoms with Gasteiger partial charge in [-0.05, 0) is 26.7 Å². The average Bonchev–Trinajstić information content (AvgIpc) is 2.85. The monoisotopic (exact) mass is 200 g/mol. The molecule has 0 heterocycles. The fourth-order valence-electron chi connectivity index (χ4n) is 0.841. The van der Waals surface area contributed by atoms with Gasteiger partial charge in [0.1, 0.15) is 0 Å².